The van der Waals surface area contributed by atoms with Gasteiger partial charge in [0.05, 0.1) is 6.04 Å². The van der Waals surface area contributed by atoms with Gasteiger partial charge in [0.1, 0.15) is 0 Å². The molecule has 1 atom stereocenters. The lowest BCUT2D eigenvalue weighted by atomic mass is 10.0. The van der Waals surface area contributed by atoms with E-state index in [0.717, 1.165) is 25.8 Å². The largest absolute Gasteiger partial charge is 0.382 e. The minimum Gasteiger partial charge on any atom is -0.382 e. The molecule has 1 aromatic rings. The van der Waals surface area contributed by atoms with Crippen molar-refractivity contribution in [3.63, 3.8) is 0 Å². The van der Waals surface area contributed by atoms with Gasteiger partial charge in [0, 0.05) is 18.3 Å². The standard InChI is InChI=1S/C17H25N3O/c1-19-10-7-15(8-11-19)18-16-5-2-4-14(12-16)17-6-3-9-20(17)13-21/h2,4-5,12-13,15,17-18H,3,6-11H2,1H3. The summed E-state index contributed by atoms with van der Waals surface area (Å²) >= 11 is 0. The van der Waals surface area contributed by atoms with E-state index in [1.165, 1.54) is 37.2 Å². The van der Waals surface area contributed by atoms with Gasteiger partial charge < -0.3 is 15.1 Å². The summed E-state index contributed by atoms with van der Waals surface area (Å²) in [5, 5.41) is 3.66. The summed E-state index contributed by atoms with van der Waals surface area (Å²) < 4.78 is 0. The third-order valence-electron chi connectivity index (χ3n) is 4.79. The minimum atomic E-state index is 0.265. The van der Waals surface area contributed by atoms with Crippen LogP contribution < -0.4 is 5.32 Å². The van der Waals surface area contributed by atoms with Crippen LogP contribution in [0.5, 0.6) is 0 Å². The molecule has 2 aliphatic heterocycles. The van der Waals surface area contributed by atoms with Crippen LogP contribution in [0.2, 0.25) is 0 Å². The van der Waals surface area contributed by atoms with Crippen LogP contribution >= 0.6 is 0 Å². The Morgan fingerprint density at radius 1 is 1.19 bits per heavy atom. The van der Waals surface area contributed by atoms with Crippen molar-refractivity contribution >= 4 is 12.1 Å². The first-order chi connectivity index (χ1) is 10.3. The first kappa shape index (κ1) is 14.4. The van der Waals surface area contributed by atoms with Gasteiger partial charge in [-0.2, -0.15) is 0 Å². The molecule has 2 heterocycles. The third-order valence-corrected chi connectivity index (χ3v) is 4.79. The molecule has 1 amide bonds. The van der Waals surface area contributed by atoms with Crippen molar-refractivity contribution in [2.45, 2.75) is 37.8 Å². The van der Waals surface area contributed by atoms with E-state index in [4.69, 9.17) is 0 Å². The van der Waals surface area contributed by atoms with Crippen LogP contribution in [0.1, 0.15) is 37.3 Å². The highest BCUT2D eigenvalue weighted by atomic mass is 16.1. The van der Waals surface area contributed by atoms with Crippen LogP contribution in [0, 0.1) is 0 Å². The fraction of sp³-hybridized carbons (Fsp3) is 0.588. The highest BCUT2D eigenvalue weighted by Crippen LogP contribution is 2.32. The Morgan fingerprint density at radius 2 is 2.00 bits per heavy atom. The molecule has 2 fully saturated rings. The van der Waals surface area contributed by atoms with E-state index < -0.39 is 0 Å². The fourth-order valence-electron chi connectivity index (χ4n) is 3.50. The maximum absolute atomic E-state index is 11.1. The van der Waals surface area contributed by atoms with Crippen molar-refractivity contribution in [2.75, 3.05) is 32.0 Å². The monoisotopic (exact) mass is 287 g/mol. The van der Waals surface area contributed by atoms with Gasteiger partial charge in [-0.25, -0.2) is 0 Å². The molecule has 2 saturated heterocycles. The number of hydrogen-bond acceptors (Lipinski definition) is 3. The van der Waals surface area contributed by atoms with Crippen LogP contribution in [-0.4, -0.2) is 48.9 Å². The number of likely N-dealkylation sites (tertiary alicyclic amines) is 2. The predicted octanol–water partition coefficient (Wildman–Crippen LogP) is 2.49. The van der Waals surface area contributed by atoms with Gasteiger partial charge in [0.15, 0.2) is 0 Å². The fourth-order valence-corrected chi connectivity index (χ4v) is 3.50. The third kappa shape index (κ3) is 3.38. The lowest BCUT2D eigenvalue weighted by Crippen LogP contribution is -2.36. The second-order valence-corrected chi connectivity index (χ2v) is 6.35. The smallest absolute Gasteiger partial charge is 0.210 e. The van der Waals surface area contributed by atoms with Crippen LogP contribution in [0.3, 0.4) is 0 Å². The minimum absolute atomic E-state index is 0.265. The van der Waals surface area contributed by atoms with Gasteiger partial charge in [-0.05, 0) is 63.5 Å². The van der Waals surface area contributed by atoms with Gasteiger partial charge in [0.2, 0.25) is 6.41 Å². The number of anilines is 1. The molecule has 3 rings (SSSR count). The van der Waals surface area contributed by atoms with E-state index in [1.807, 2.05) is 4.90 Å². The number of nitrogens with one attached hydrogen (secondary N) is 1. The summed E-state index contributed by atoms with van der Waals surface area (Å²) in [7, 11) is 2.19. The molecule has 4 nitrogen and oxygen atoms in total. The summed E-state index contributed by atoms with van der Waals surface area (Å²) in [5.74, 6) is 0. The van der Waals surface area contributed by atoms with Crippen molar-refractivity contribution in [1.29, 1.82) is 0 Å². The topological polar surface area (TPSA) is 35.6 Å². The first-order valence-corrected chi connectivity index (χ1v) is 8.02. The van der Waals surface area contributed by atoms with Crippen LogP contribution in [-0.2, 0) is 4.79 Å². The Hall–Kier alpha value is -1.55. The van der Waals surface area contributed by atoms with E-state index in [1.54, 1.807) is 0 Å². The molecule has 0 bridgehead atoms. The first-order valence-electron chi connectivity index (χ1n) is 8.02. The number of amides is 1. The van der Waals surface area contributed by atoms with E-state index in [0.29, 0.717) is 6.04 Å². The Kier molecular flexibility index (Phi) is 4.44. The molecular formula is C17H25N3O. The Balaban J connectivity index is 1.67. The Labute approximate surface area is 127 Å². The average Bonchev–Trinajstić information content (AvgIpc) is 2.98. The van der Waals surface area contributed by atoms with Crippen molar-refractivity contribution in [2.24, 2.45) is 0 Å². The molecular weight excluding hydrogens is 262 g/mol. The van der Waals surface area contributed by atoms with E-state index in [2.05, 4.69) is 41.5 Å². The molecule has 21 heavy (non-hydrogen) atoms. The normalized spacial score (nSPS) is 24.2. The molecule has 114 valence electrons. The summed E-state index contributed by atoms with van der Waals surface area (Å²) in [4.78, 5) is 15.4. The summed E-state index contributed by atoms with van der Waals surface area (Å²) in [6, 6.07) is 9.46. The van der Waals surface area contributed by atoms with E-state index in [9.17, 15) is 4.79 Å². The average molecular weight is 287 g/mol. The maximum Gasteiger partial charge on any atom is 0.210 e. The maximum atomic E-state index is 11.1. The molecule has 0 saturated carbocycles. The number of carbonyl (C=O) groups excluding carboxylic acids is 1. The van der Waals surface area contributed by atoms with Crippen LogP contribution in [0.15, 0.2) is 24.3 Å². The number of rotatable bonds is 4. The van der Waals surface area contributed by atoms with Gasteiger partial charge in [0.25, 0.3) is 0 Å². The predicted molar refractivity (Wildman–Crippen MR) is 85.3 cm³/mol. The summed E-state index contributed by atoms with van der Waals surface area (Å²) in [6.45, 7) is 3.22. The zero-order chi connectivity index (χ0) is 14.7. The van der Waals surface area contributed by atoms with Gasteiger partial charge in [-0.1, -0.05) is 12.1 Å². The second-order valence-electron chi connectivity index (χ2n) is 6.35. The van der Waals surface area contributed by atoms with Crippen molar-refractivity contribution in [3.05, 3.63) is 29.8 Å². The molecule has 0 radical (unpaired) electrons. The van der Waals surface area contributed by atoms with Crippen molar-refractivity contribution < 1.29 is 4.79 Å². The molecule has 0 aliphatic carbocycles. The van der Waals surface area contributed by atoms with E-state index >= 15 is 0 Å². The number of benzene rings is 1. The number of piperidine rings is 1. The molecule has 4 heteroatoms. The zero-order valence-electron chi connectivity index (χ0n) is 12.8. The summed E-state index contributed by atoms with van der Waals surface area (Å²) in [6.07, 6.45) is 5.58. The lowest BCUT2D eigenvalue weighted by Gasteiger charge is -2.30. The highest BCUT2D eigenvalue weighted by molar-refractivity contribution is 5.52. The highest BCUT2D eigenvalue weighted by Gasteiger charge is 2.24. The Morgan fingerprint density at radius 3 is 2.76 bits per heavy atom. The molecule has 0 spiro atoms. The molecule has 1 unspecified atom stereocenters. The zero-order valence-corrected chi connectivity index (χ0v) is 12.8. The van der Waals surface area contributed by atoms with Crippen LogP contribution in [0.4, 0.5) is 5.69 Å². The van der Waals surface area contributed by atoms with E-state index in [-0.39, 0.29) is 6.04 Å². The van der Waals surface area contributed by atoms with Gasteiger partial charge in [-0.15, -0.1) is 0 Å². The molecule has 0 aromatic heterocycles. The van der Waals surface area contributed by atoms with Gasteiger partial charge in [-0.3, -0.25) is 4.79 Å². The quantitative estimate of drug-likeness (QED) is 0.864. The molecule has 1 N–H and O–H groups in total. The number of carbonyl (C=O) groups is 1. The molecule has 2 aliphatic rings. The lowest BCUT2D eigenvalue weighted by molar-refractivity contribution is -0.118. The second kappa shape index (κ2) is 6.48. The van der Waals surface area contributed by atoms with Crippen molar-refractivity contribution in [1.82, 2.24) is 9.80 Å². The van der Waals surface area contributed by atoms with Crippen molar-refractivity contribution in [3.8, 4) is 0 Å². The SMILES string of the molecule is CN1CCC(Nc2cccc(C3CCCN3C=O)c2)CC1. The molecule has 1 aromatic carbocycles. The number of nitrogens with zero attached hydrogens (tertiary/aromatic N) is 2. The number of hydrogen-bond donors (Lipinski definition) is 1. The van der Waals surface area contributed by atoms with Crippen LogP contribution in [0.25, 0.3) is 0 Å². The Bertz CT molecular complexity index is 483. The summed E-state index contributed by atoms with van der Waals surface area (Å²) in [5.41, 5.74) is 2.46. The van der Waals surface area contributed by atoms with Gasteiger partial charge >= 0.3 is 0 Å².